The van der Waals surface area contributed by atoms with Crippen LogP contribution in [0.5, 0.6) is 0 Å². The number of aliphatic hydroxyl groups is 1. The molecule has 1 N–H and O–H groups in total. The third-order valence-electron chi connectivity index (χ3n) is 4.98. The zero-order valence-corrected chi connectivity index (χ0v) is 11.2. The number of carbonyl (C=O) groups is 1. The first-order valence-corrected chi connectivity index (χ1v) is 6.77. The summed E-state index contributed by atoms with van der Waals surface area (Å²) in [4.78, 5) is 12.3. The van der Waals surface area contributed by atoms with Gasteiger partial charge in [-0.15, -0.1) is 0 Å². The van der Waals surface area contributed by atoms with Gasteiger partial charge < -0.3 is 5.11 Å². The van der Waals surface area contributed by atoms with Gasteiger partial charge in [0, 0.05) is 17.3 Å². The SMILES string of the molecule is C=C1CC[C@H](O)[C@@]2(C)CC[C@H](C(=O)C(C)C)[C@@H]12. The molecular weight excluding hydrogens is 212 g/mol. The topological polar surface area (TPSA) is 37.3 Å². The zero-order valence-electron chi connectivity index (χ0n) is 11.2. The zero-order chi connectivity index (χ0) is 12.8. The second kappa shape index (κ2) is 4.24. The molecular formula is C15H24O2. The summed E-state index contributed by atoms with van der Waals surface area (Å²) in [6.45, 7) is 10.2. The smallest absolute Gasteiger partial charge is 0.139 e. The number of ketones is 1. The number of rotatable bonds is 2. The average Bonchev–Trinajstić information content (AvgIpc) is 2.63. The summed E-state index contributed by atoms with van der Waals surface area (Å²) in [5, 5.41) is 10.2. The predicted molar refractivity (Wildman–Crippen MR) is 68.5 cm³/mol. The number of Topliss-reactive ketones (excluding diaryl/α,β-unsaturated/α-hetero) is 1. The molecule has 17 heavy (non-hydrogen) atoms. The molecule has 2 nitrogen and oxygen atoms in total. The van der Waals surface area contributed by atoms with E-state index in [0.29, 0.717) is 5.78 Å². The second-order valence-corrected chi connectivity index (χ2v) is 6.40. The highest BCUT2D eigenvalue weighted by Gasteiger charge is 2.54. The quantitative estimate of drug-likeness (QED) is 0.748. The fourth-order valence-electron chi connectivity index (χ4n) is 3.92. The van der Waals surface area contributed by atoms with Crippen molar-refractivity contribution >= 4 is 5.78 Å². The van der Waals surface area contributed by atoms with Crippen LogP contribution in [0.2, 0.25) is 0 Å². The van der Waals surface area contributed by atoms with E-state index in [2.05, 4.69) is 13.5 Å². The largest absolute Gasteiger partial charge is 0.393 e. The van der Waals surface area contributed by atoms with E-state index in [0.717, 1.165) is 25.7 Å². The Hall–Kier alpha value is -0.630. The second-order valence-electron chi connectivity index (χ2n) is 6.40. The summed E-state index contributed by atoms with van der Waals surface area (Å²) in [7, 11) is 0. The van der Waals surface area contributed by atoms with Crippen LogP contribution in [0.1, 0.15) is 46.5 Å². The van der Waals surface area contributed by atoms with Crippen molar-refractivity contribution in [2.75, 3.05) is 0 Å². The Morgan fingerprint density at radius 1 is 1.47 bits per heavy atom. The van der Waals surface area contributed by atoms with Crippen molar-refractivity contribution in [3.8, 4) is 0 Å². The van der Waals surface area contributed by atoms with E-state index in [-0.39, 0.29) is 29.3 Å². The lowest BCUT2D eigenvalue weighted by Gasteiger charge is -2.43. The lowest BCUT2D eigenvalue weighted by atomic mass is 9.63. The minimum absolute atomic E-state index is 0.0919. The summed E-state index contributed by atoms with van der Waals surface area (Å²) in [5.74, 6) is 0.756. The van der Waals surface area contributed by atoms with Crippen molar-refractivity contribution in [1.29, 1.82) is 0 Å². The van der Waals surface area contributed by atoms with Gasteiger partial charge in [-0.25, -0.2) is 0 Å². The molecule has 2 aliphatic carbocycles. The van der Waals surface area contributed by atoms with Crippen molar-refractivity contribution in [3.05, 3.63) is 12.2 Å². The van der Waals surface area contributed by atoms with Crippen molar-refractivity contribution in [2.45, 2.75) is 52.6 Å². The fourth-order valence-corrected chi connectivity index (χ4v) is 3.92. The molecule has 96 valence electrons. The fraction of sp³-hybridized carbons (Fsp3) is 0.800. The van der Waals surface area contributed by atoms with Crippen molar-refractivity contribution < 1.29 is 9.90 Å². The lowest BCUT2D eigenvalue weighted by Crippen LogP contribution is -2.43. The van der Waals surface area contributed by atoms with E-state index >= 15 is 0 Å². The Balaban J connectivity index is 2.29. The highest BCUT2D eigenvalue weighted by Crippen LogP contribution is 2.57. The first-order valence-electron chi connectivity index (χ1n) is 6.77. The number of aliphatic hydroxyl groups excluding tert-OH is 1. The van der Waals surface area contributed by atoms with E-state index in [1.807, 2.05) is 13.8 Å². The molecule has 2 heteroatoms. The predicted octanol–water partition coefficient (Wildman–Crippen LogP) is 2.95. The Morgan fingerprint density at radius 3 is 2.71 bits per heavy atom. The molecule has 0 bridgehead atoms. The first kappa shape index (κ1) is 12.8. The lowest BCUT2D eigenvalue weighted by molar-refractivity contribution is -0.128. The molecule has 0 unspecified atom stereocenters. The van der Waals surface area contributed by atoms with Crippen LogP contribution in [-0.4, -0.2) is 17.0 Å². The van der Waals surface area contributed by atoms with Gasteiger partial charge in [0.05, 0.1) is 6.10 Å². The molecule has 0 amide bonds. The van der Waals surface area contributed by atoms with Gasteiger partial charge in [0.2, 0.25) is 0 Å². The Labute approximate surface area is 104 Å². The minimum atomic E-state index is -0.261. The van der Waals surface area contributed by atoms with Crippen molar-refractivity contribution in [1.82, 2.24) is 0 Å². The number of allylic oxidation sites excluding steroid dienone is 1. The Morgan fingerprint density at radius 2 is 2.12 bits per heavy atom. The van der Waals surface area contributed by atoms with Crippen LogP contribution in [0.15, 0.2) is 12.2 Å². The molecule has 2 saturated carbocycles. The third-order valence-corrected chi connectivity index (χ3v) is 4.98. The summed E-state index contributed by atoms with van der Waals surface area (Å²) < 4.78 is 0. The van der Waals surface area contributed by atoms with Gasteiger partial charge >= 0.3 is 0 Å². The van der Waals surface area contributed by atoms with Crippen LogP contribution < -0.4 is 0 Å². The van der Waals surface area contributed by atoms with Gasteiger partial charge in [0.15, 0.2) is 0 Å². The Kier molecular flexibility index (Phi) is 3.19. The molecule has 0 aliphatic heterocycles. The summed E-state index contributed by atoms with van der Waals surface area (Å²) in [6.07, 6.45) is 3.32. The van der Waals surface area contributed by atoms with Crippen LogP contribution in [0.4, 0.5) is 0 Å². The standard InChI is InChI=1S/C15H24O2/c1-9(2)14(17)11-7-8-15(4)12(16)6-5-10(3)13(11)15/h9,11-13,16H,3,5-8H2,1-2,4H3/t11-,12-,13+,15+/m0/s1. The van der Waals surface area contributed by atoms with Crippen molar-refractivity contribution in [2.24, 2.45) is 23.2 Å². The third kappa shape index (κ3) is 1.87. The van der Waals surface area contributed by atoms with E-state index in [1.165, 1.54) is 5.57 Å². The molecule has 0 aromatic heterocycles. The normalized spacial score (nSPS) is 41.7. The first-order chi connectivity index (χ1) is 7.88. The van der Waals surface area contributed by atoms with Gasteiger partial charge in [-0.3, -0.25) is 4.79 Å². The molecule has 2 aliphatic rings. The summed E-state index contributed by atoms with van der Waals surface area (Å²) >= 11 is 0. The molecule has 0 aromatic rings. The summed E-state index contributed by atoms with van der Waals surface area (Å²) in [5.41, 5.74) is 1.08. The molecule has 0 saturated heterocycles. The van der Waals surface area contributed by atoms with Crippen LogP contribution in [0, 0.1) is 23.2 Å². The molecule has 2 rings (SSSR count). The highest BCUT2D eigenvalue weighted by atomic mass is 16.3. The average molecular weight is 236 g/mol. The number of carbonyl (C=O) groups excluding carboxylic acids is 1. The van der Waals surface area contributed by atoms with Gasteiger partial charge in [-0.2, -0.15) is 0 Å². The highest BCUT2D eigenvalue weighted by molar-refractivity contribution is 5.84. The van der Waals surface area contributed by atoms with E-state index in [1.54, 1.807) is 0 Å². The van der Waals surface area contributed by atoms with Crippen LogP contribution in [-0.2, 0) is 4.79 Å². The maximum Gasteiger partial charge on any atom is 0.139 e. The maximum absolute atomic E-state index is 12.3. The molecule has 0 spiro atoms. The van der Waals surface area contributed by atoms with E-state index in [9.17, 15) is 9.90 Å². The molecule has 0 aromatic carbocycles. The summed E-state index contributed by atoms with van der Waals surface area (Å²) in [6, 6.07) is 0. The van der Waals surface area contributed by atoms with E-state index < -0.39 is 0 Å². The van der Waals surface area contributed by atoms with E-state index in [4.69, 9.17) is 0 Å². The van der Waals surface area contributed by atoms with Crippen LogP contribution in [0.25, 0.3) is 0 Å². The van der Waals surface area contributed by atoms with Gasteiger partial charge in [-0.1, -0.05) is 32.9 Å². The molecule has 2 fully saturated rings. The Bertz CT molecular complexity index is 345. The number of hydrogen-bond donors (Lipinski definition) is 1. The number of hydrogen-bond acceptors (Lipinski definition) is 2. The van der Waals surface area contributed by atoms with Crippen LogP contribution >= 0.6 is 0 Å². The van der Waals surface area contributed by atoms with Crippen molar-refractivity contribution in [3.63, 3.8) is 0 Å². The molecule has 4 atom stereocenters. The van der Waals surface area contributed by atoms with Crippen LogP contribution in [0.3, 0.4) is 0 Å². The molecule has 0 radical (unpaired) electrons. The maximum atomic E-state index is 12.3. The van der Waals surface area contributed by atoms with Gasteiger partial charge in [0.25, 0.3) is 0 Å². The minimum Gasteiger partial charge on any atom is -0.393 e. The van der Waals surface area contributed by atoms with Gasteiger partial charge in [-0.05, 0) is 31.6 Å². The number of fused-ring (bicyclic) bond motifs is 1. The monoisotopic (exact) mass is 236 g/mol. The molecule has 0 heterocycles. The van der Waals surface area contributed by atoms with Gasteiger partial charge in [0.1, 0.15) is 5.78 Å².